The van der Waals surface area contributed by atoms with Crippen LogP contribution >= 0.6 is 23.2 Å². The third-order valence-electron chi connectivity index (χ3n) is 5.88. The van der Waals surface area contributed by atoms with Crippen molar-refractivity contribution in [2.75, 3.05) is 18.5 Å². The van der Waals surface area contributed by atoms with Crippen LogP contribution in [-0.4, -0.2) is 54.1 Å². The number of carbonyl (C=O) groups is 3. The number of carbonyl (C=O) groups excluding carboxylic acids is 3. The third kappa shape index (κ3) is 5.28. The van der Waals surface area contributed by atoms with Gasteiger partial charge in [0.1, 0.15) is 17.2 Å². The number of amides is 3. The van der Waals surface area contributed by atoms with Gasteiger partial charge in [-0.1, -0.05) is 29.3 Å². The smallest absolute Gasteiger partial charge is 0.417 e. The van der Waals surface area contributed by atoms with Crippen molar-refractivity contribution in [3.05, 3.63) is 51.8 Å². The van der Waals surface area contributed by atoms with Gasteiger partial charge in [0.15, 0.2) is 5.75 Å². The number of benzene rings is 2. The number of likely N-dealkylation sites (tertiary alicyclic amines) is 1. The van der Waals surface area contributed by atoms with Crippen LogP contribution in [0.1, 0.15) is 32.8 Å². The van der Waals surface area contributed by atoms with Gasteiger partial charge < -0.3 is 14.4 Å². The highest BCUT2D eigenvalue weighted by Gasteiger charge is 2.42. The maximum absolute atomic E-state index is 13.8. The van der Waals surface area contributed by atoms with E-state index in [1.807, 2.05) is 0 Å². The fourth-order valence-electron chi connectivity index (χ4n) is 4.24. The predicted octanol–water partition coefficient (Wildman–Crippen LogP) is 4.94. The van der Waals surface area contributed by atoms with Crippen molar-refractivity contribution in [1.29, 1.82) is 0 Å². The maximum Gasteiger partial charge on any atom is 0.417 e. The number of hydrogen-bond donors (Lipinski definition) is 1. The molecule has 2 aliphatic rings. The minimum absolute atomic E-state index is 0.0619. The maximum atomic E-state index is 13.8. The molecule has 2 heterocycles. The van der Waals surface area contributed by atoms with E-state index in [1.165, 1.54) is 17.0 Å². The standard InChI is InChI=1S/C25H26Cl2FN3O5/c1-25(2,3)36-24(34)31-10-9-17(23(31)33)29-18-11-13-5-7-16(27)21(20(13)30(4)22(18)32)35-19-12-14(28)6-8-15(19)26/h5-8,12,17-18,29H,9-11H2,1-4H3/t17?,18-/m1/s1. The van der Waals surface area contributed by atoms with Gasteiger partial charge in [-0.25, -0.2) is 14.1 Å². The lowest BCUT2D eigenvalue weighted by molar-refractivity contribution is -0.129. The summed E-state index contributed by atoms with van der Waals surface area (Å²) in [4.78, 5) is 41.0. The molecule has 4 rings (SSSR count). The van der Waals surface area contributed by atoms with Crippen molar-refractivity contribution in [2.24, 2.45) is 0 Å². The number of imide groups is 1. The summed E-state index contributed by atoms with van der Waals surface area (Å²) in [6.45, 7) is 5.37. The molecule has 36 heavy (non-hydrogen) atoms. The van der Waals surface area contributed by atoms with E-state index in [9.17, 15) is 18.8 Å². The summed E-state index contributed by atoms with van der Waals surface area (Å²) in [5.41, 5.74) is 0.431. The van der Waals surface area contributed by atoms with Gasteiger partial charge in [-0.3, -0.25) is 14.9 Å². The van der Waals surface area contributed by atoms with Crippen molar-refractivity contribution in [3.63, 3.8) is 0 Å². The molecule has 2 aromatic rings. The van der Waals surface area contributed by atoms with Crippen molar-refractivity contribution >= 4 is 46.8 Å². The van der Waals surface area contributed by atoms with Crippen molar-refractivity contribution < 1.29 is 28.2 Å². The van der Waals surface area contributed by atoms with Gasteiger partial charge in [-0.15, -0.1) is 0 Å². The summed E-state index contributed by atoms with van der Waals surface area (Å²) < 4.78 is 24.9. The van der Waals surface area contributed by atoms with Gasteiger partial charge in [0.05, 0.1) is 27.8 Å². The predicted molar refractivity (Wildman–Crippen MR) is 133 cm³/mol. The molecule has 2 aliphatic heterocycles. The first-order chi connectivity index (χ1) is 16.9. The molecule has 0 aromatic heterocycles. The number of nitrogens with zero attached hydrogens (tertiary/aromatic N) is 2. The molecule has 3 amide bonds. The summed E-state index contributed by atoms with van der Waals surface area (Å²) >= 11 is 12.5. The fraction of sp³-hybridized carbons (Fsp3) is 0.400. The zero-order valence-corrected chi connectivity index (χ0v) is 21.7. The Hall–Kier alpha value is -2.88. The number of likely N-dealkylation sites (N-methyl/N-ethyl adjacent to an activating group) is 1. The zero-order valence-electron chi connectivity index (χ0n) is 20.2. The summed E-state index contributed by atoms with van der Waals surface area (Å²) in [7, 11) is 1.56. The molecule has 8 nitrogen and oxygen atoms in total. The Kier molecular flexibility index (Phi) is 7.19. The summed E-state index contributed by atoms with van der Waals surface area (Å²) in [6.07, 6.45) is -0.105. The first-order valence-corrected chi connectivity index (χ1v) is 12.1. The average Bonchev–Trinajstić information content (AvgIpc) is 3.15. The highest BCUT2D eigenvalue weighted by Crippen LogP contribution is 2.44. The number of rotatable bonds is 4. The Morgan fingerprint density at radius 3 is 2.47 bits per heavy atom. The van der Waals surface area contributed by atoms with Crippen LogP contribution in [0.15, 0.2) is 30.3 Å². The molecule has 11 heteroatoms. The van der Waals surface area contributed by atoms with Crippen LogP contribution in [0, 0.1) is 5.82 Å². The molecule has 2 atom stereocenters. The second-order valence-electron chi connectivity index (χ2n) is 9.69. The van der Waals surface area contributed by atoms with Crippen LogP contribution in [0.2, 0.25) is 10.0 Å². The molecule has 1 fully saturated rings. The summed E-state index contributed by atoms with van der Waals surface area (Å²) in [6, 6.07) is 5.65. The van der Waals surface area contributed by atoms with E-state index in [2.05, 4.69) is 5.32 Å². The van der Waals surface area contributed by atoms with Crippen LogP contribution in [-0.2, 0) is 20.7 Å². The van der Waals surface area contributed by atoms with E-state index in [1.54, 1.807) is 40.0 Å². The van der Waals surface area contributed by atoms with Crippen LogP contribution in [0.4, 0.5) is 14.9 Å². The average molecular weight is 538 g/mol. The zero-order chi connectivity index (χ0) is 26.4. The van der Waals surface area contributed by atoms with Gasteiger partial charge in [-0.05, 0) is 57.4 Å². The second-order valence-corrected chi connectivity index (χ2v) is 10.5. The minimum Gasteiger partial charge on any atom is -0.452 e. The summed E-state index contributed by atoms with van der Waals surface area (Å²) in [5, 5.41) is 3.51. The minimum atomic E-state index is -0.731. The van der Waals surface area contributed by atoms with Gasteiger partial charge in [0.25, 0.3) is 0 Å². The van der Waals surface area contributed by atoms with Crippen LogP contribution in [0.3, 0.4) is 0 Å². The molecule has 0 spiro atoms. The van der Waals surface area contributed by atoms with Crippen molar-refractivity contribution in [2.45, 2.75) is 51.3 Å². The molecule has 0 saturated carbocycles. The monoisotopic (exact) mass is 537 g/mol. The largest absolute Gasteiger partial charge is 0.452 e. The summed E-state index contributed by atoms with van der Waals surface area (Å²) in [5.74, 6) is -1.06. The molecule has 2 aromatic carbocycles. The molecule has 1 saturated heterocycles. The number of fused-ring (bicyclic) bond motifs is 1. The topological polar surface area (TPSA) is 88.2 Å². The number of ether oxygens (including phenoxy) is 2. The van der Waals surface area contributed by atoms with Gasteiger partial charge in [0, 0.05) is 19.7 Å². The number of anilines is 1. The Balaban J connectivity index is 1.54. The lowest BCUT2D eigenvalue weighted by Crippen LogP contribution is -2.54. The molecule has 0 radical (unpaired) electrons. The fourth-order valence-corrected chi connectivity index (χ4v) is 4.59. The Labute approximate surface area is 218 Å². The van der Waals surface area contributed by atoms with Crippen molar-refractivity contribution in [3.8, 4) is 11.5 Å². The van der Waals surface area contributed by atoms with E-state index in [0.29, 0.717) is 12.1 Å². The molecule has 0 bridgehead atoms. The number of hydrogen-bond acceptors (Lipinski definition) is 6. The van der Waals surface area contributed by atoms with E-state index in [0.717, 1.165) is 16.5 Å². The van der Waals surface area contributed by atoms with Crippen molar-refractivity contribution in [1.82, 2.24) is 10.2 Å². The van der Waals surface area contributed by atoms with E-state index >= 15 is 0 Å². The first-order valence-electron chi connectivity index (χ1n) is 11.4. The lowest BCUT2D eigenvalue weighted by Gasteiger charge is -2.34. The van der Waals surface area contributed by atoms with E-state index in [-0.39, 0.29) is 40.4 Å². The molecular formula is C25H26Cl2FN3O5. The Morgan fingerprint density at radius 2 is 1.78 bits per heavy atom. The molecule has 1 unspecified atom stereocenters. The highest BCUT2D eigenvalue weighted by atomic mass is 35.5. The Morgan fingerprint density at radius 1 is 1.08 bits per heavy atom. The first kappa shape index (κ1) is 26.2. The van der Waals surface area contributed by atoms with Gasteiger partial charge >= 0.3 is 6.09 Å². The SMILES string of the molecule is CN1C(=O)[C@H](NC2CCN(C(=O)OC(C)(C)C)C2=O)Cc2ccc(Cl)c(Oc3cc(F)ccc3Cl)c21. The lowest BCUT2D eigenvalue weighted by atomic mass is 9.96. The number of nitrogens with one attached hydrogen (secondary N) is 1. The van der Waals surface area contributed by atoms with Gasteiger partial charge in [-0.2, -0.15) is 0 Å². The van der Waals surface area contributed by atoms with Crippen LogP contribution in [0.25, 0.3) is 0 Å². The van der Waals surface area contributed by atoms with Crippen LogP contribution in [0.5, 0.6) is 11.5 Å². The second kappa shape index (κ2) is 9.88. The highest BCUT2D eigenvalue weighted by molar-refractivity contribution is 6.33. The quantitative estimate of drug-likeness (QED) is 0.594. The normalized spacial score (nSPS) is 20.0. The third-order valence-corrected chi connectivity index (χ3v) is 6.49. The van der Waals surface area contributed by atoms with Crippen LogP contribution < -0.4 is 15.0 Å². The van der Waals surface area contributed by atoms with Gasteiger partial charge in [0.2, 0.25) is 11.8 Å². The molecule has 0 aliphatic carbocycles. The Bertz CT molecular complexity index is 1230. The van der Waals surface area contributed by atoms with E-state index < -0.39 is 35.5 Å². The number of halogens is 3. The molecular weight excluding hydrogens is 512 g/mol. The molecule has 192 valence electrons. The molecule has 1 N–H and O–H groups in total. The van der Waals surface area contributed by atoms with E-state index in [4.69, 9.17) is 32.7 Å².